The second kappa shape index (κ2) is 10.6. The molecule has 8 heteroatoms. The number of aryl methyl sites for hydroxylation is 2. The SMILES string of the molecule is O=C(O)[C@@H](CCCCCCN1C(=O)c2ccccc2C1=O)CC(=NO)c1ccc2c3c(oc2c1)CCC3. The van der Waals surface area contributed by atoms with E-state index in [1.165, 1.54) is 10.5 Å². The fourth-order valence-corrected chi connectivity index (χ4v) is 5.50. The second-order valence-corrected chi connectivity index (χ2v) is 9.86. The van der Waals surface area contributed by atoms with Gasteiger partial charge in [0, 0.05) is 35.9 Å². The standard InChI is InChI=1S/C29H30N2O6/c32-27-22-9-4-5-10-23(22)28(33)31(27)15-6-2-1-3-8-19(29(34)35)16-24(30-36)18-13-14-21-20-11-7-12-25(20)37-26(21)17-18/h4-5,9-10,13-14,17,19,36H,1-3,6-8,11-12,15-16H2,(H,34,35)/t19-/m0/s1. The summed E-state index contributed by atoms with van der Waals surface area (Å²) in [4.78, 5) is 38.1. The summed E-state index contributed by atoms with van der Waals surface area (Å²) in [6, 6.07) is 12.5. The van der Waals surface area contributed by atoms with Crippen LogP contribution in [-0.2, 0) is 17.6 Å². The van der Waals surface area contributed by atoms with Crippen LogP contribution >= 0.6 is 0 Å². The maximum absolute atomic E-state index is 12.5. The van der Waals surface area contributed by atoms with Gasteiger partial charge in [-0.15, -0.1) is 0 Å². The van der Waals surface area contributed by atoms with E-state index in [9.17, 15) is 24.7 Å². The molecule has 2 heterocycles. The van der Waals surface area contributed by atoms with Crippen LogP contribution in [0.25, 0.3) is 11.0 Å². The van der Waals surface area contributed by atoms with E-state index in [1.807, 2.05) is 18.2 Å². The lowest BCUT2D eigenvalue weighted by atomic mass is 9.92. The number of hydrogen-bond donors (Lipinski definition) is 2. The Labute approximate surface area is 214 Å². The number of aliphatic carboxylic acids is 1. The van der Waals surface area contributed by atoms with E-state index >= 15 is 0 Å². The number of fused-ring (bicyclic) bond motifs is 4. The quantitative estimate of drug-likeness (QED) is 0.118. The number of oxime groups is 1. The molecule has 2 N–H and O–H groups in total. The number of carboxylic acids is 1. The molecule has 0 spiro atoms. The van der Waals surface area contributed by atoms with Crippen LogP contribution in [0.1, 0.15) is 82.5 Å². The number of hydrogen-bond acceptors (Lipinski definition) is 6. The molecule has 0 saturated heterocycles. The molecule has 5 rings (SSSR count). The molecule has 0 unspecified atom stereocenters. The molecule has 3 aromatic rings. The van der Waals surface area contributed by atoms with Crippen molar-refractivity contribution in [2.24, 2.45) is 11.1 Å². The van der Waals surface area contributed by atoms with Gasteiger partial charge in [-0.2, -0.15) is 0 Å². The largest absolute Gasteiger partial charge is 0.481 e. The number of furan rings is 1. The third kappa shape index (κ3) is 4.88. The summed E-state index contributed by atoms with van der Waals surface area (Å²) in [7, 11) is 0. The van der Waals surface area contributed by atoms with Crippen LogP contribution in [0.4, 0.5) is 0 Å². The first-order chi connectivity index (χ1) is 18.0. The van der Waals surface area contributed by atoms with Crippen molar-refractivity contribution in [1.29, 1.82) is 0 Å². The topological polar surface area (TPSA) is 120 Å². The number of nitrogens with zero attached hydrogens (tertiary/aromatic N) is 2. The minimum Gasteiger partial charge on any atom is -0.481 e. The van der Waals surface area contributed by atoms with Crippen molar-refractivity contribution in [3.05, 3.63) is 70.5 Å². The summed E-state index contributed by atoms with van der Waals surface area (Å²) in [5.41, 5.74) is 3.89. The molecule has 1 atom stereocenters. The van der Waals surface area contributed by atoms with E-state index in [0.29, 0.717) is 48.2 Å². The molecule has 0 bridgehead atoms. The summed E-state index contributed by atoms with van der Waals surface area (Å²) >= 11 is 0. The lowest BCUT2D eigenvalue weighted by Crippen LogP contribution is -2.30. The van der Waals surface area contributed by atoms with Gasteiger partial charge in [0.15, 0.2) is 0 Å². The lowest BCUT2D eigenvalue weighted by Gasteiger charge is -2.15. The van der Waals surface area contributed by atoms with Gasteiger partial charge < -0.3 is 14.7 Å². The molecule has 192 valence electrons. The fraction of sp³-hybridized carbons (Fsp3) is 0.379. The van der Waals surface area contributed by atoms with Crippen molar-refractivity contribution in [2.45, 2.75) is 57.8 Å². The molecule has 37 heavy (non-hydrogen) atoms. The summed E-state index contributed by atoms with van der Waals surface area (Å²) in [6.45, 7) is 0.356. The minimum atomic E-state index is -0.926. The Morgan fingerprint density at radius 2 is 1.73 bits per heavy atom. The monoisotopic (exact) mass is 502 g/mol. The van der Waals surface area contributed by atoms with Gasteiger partial charge in [-0.1, -0.05) is 48.7 Å². The van der Waals surface area contributed by atoms with Gasteiger partial charge in [-0.25, -0.2) is 0 Å². The van der Waals surface area contributed by atoms with Crippen LogP contribution in [0.3, 0.4) is 0 Å². The van der Waals surface area contributed by atoms with Crippen LogP contribution in [0.15, 0.2) is 52.0 Å². The molecule has 1 aromatic heterocycles. The van der Waals surface area contributed by atoms with Crippen molar-refractivity contribution in [3.8, 4) is 0 Å². The van der Waals surface area contributed by atoms with Crippen LogP contribution < -0.4 is 0 Å². The Kier molecular flexibility index (Phi) is 7.08. The number of rotatable bonds is 11. The first-order valence-electron chi connectivity index (χ1n) is 12.9. The van der Waals surface area contributed by atoms with Gasteiger partial charge in [0.1, 0.15) is 11.3 Å². The predicted molar refractivity (Wildman–Crippen MR) is 137 cm³/mol. The van der Waals surface area contributed by atoms with Crippen LogP contribution in [0, 0.1) is 5.92 Å². The Morgan fingerprint density at radius 1 is 1.00 bits per heavy atom. The Morgan fingerprint density at radius 3 is 2.43 bits per heavy atom. The lowest BCUT2D eigenvalue weighted by molar-refractivity contribution is -0.141. The molecule has 2 aliphatic rings. The highest BCUT2D eigenvalue weighted by Crippen LogP contribution is 2.33. The van der Waals surface area contributed by atoms with E-state index in [-0.39, 0.29) is 18.2 Å². The van der Waals surface area contributed by atoms with Crippen molar-refractivity contribution in [3.63, 3.8) is 0 Å². The zero-order valence-electron chi connectivity index (χ0n) is 20.6. The second-order valence-electron chi connectivity index (χ2n) is 9.86. The molecular weight excluding hydrogens is 472 g/mol. The average molecular weight is 503 g/mol. The predicted octanol–water partition coefficient (Wildman–Crippen LogP) is 5.44. The Balaban J connectivity index is 1.11. The van der Waals surface area contributed by atoms with E-state index in [2.05, 4.69) is 5.16 Å². The van der Waals surface area contributed by atoms with E-state index < -0.39 is 11.9 Å². The van der Waals surface area contributed by atoms with Crippen LogP contribution in [0.5, 0.6) is 0 Å². The third-order valence-corrected chi connectivity index (χ3v) is 7.51. The normalized spacial score (nSPS) is 15.9. The molecule has 0 radical (unpaired) electrons. The molecule has 0 saturated carbocycles. The molecule has 2 amide bonds. The third-order valence-electron chi connectivity index (χ3n) is 7.51. The summed E-state index contributed by atoms with van der Waals surface area (Å²) in [5.74, 6) is -1.09. The Bertz CT molecular complexity index is 1350. The zero-order valence-corrected chi connectivity index (χ0v) is 20.6. The molecular formula is C29H30N2O6. The van der Waals surface area contributed by atoms with Crippen molar-refractivity contribution in [2.75, 3.05) is 6.54 Å². The number of imide groups is 1. The molecule has 2 aromatic carbocycles. The number of carbonyl (C=O) groups excluding carboxylic acids is 2. The minimum absolute atomic E-state index is 0.118. The number of amides is 2. The highest BCUT2D eigenvalue weighted by atomic mass is 16.4. The maximum atomic E-state index is 12.5. The van der Waals surface area contributed by atoms with Gasteiger partial charge in [-0.05, 0) is 43.9 Å². The van der Waals surface area contributed by atoms with E-state index in [1.54, 1.807) is 24.3 Å². The van der Waals surface area contributed by atoms with Crippen LogP contribution in [0.2, 0.25) is 0 Å². The number of carboxylic acid groups (broad SMARTS) is 1. The highest BCUT2D eigenvalue weighted by Gasteiger charge is 2.34. The van der Waals surface area contributed by atoms with Crippen molar-refractivity contribution >= 4 is 34.5 Å². The molecule has 0 fully saturated rings. The number of unbranched alkanes of at least 4 members (excludes halogenated alkanes) is 3. The van der Waals surface area contributed by atoms with Gasteiger partial charge in [-0.3, -0.25) is 19.3 Å². The first-order valence-corrected chi connectivity index (χ1v) is 12.9. The van der Waals surface area contributed by atoms with E-state index in [0.717, 1.165) is 48.8 Å². The average Bonchev–Trinajstić information content (AvgIpc) is 3.56. The maximum Gasteiger partial charge on any atom is 0.306 e. The molecule has 1 aliphatic carbocycles. The van der Waals surface area contributed by atoms with Gasteiger partial charge in [0.2, 0.25) is 0 Å². The van der Waals surface area contributed by atoms with Gasteiger partial charge in [0.05, 0.1) is 22.8 Å². The Hall–Kier alpha value is -3.94. The fourth-order valence-electron chi connectivity index (χ4n) is 5.50. The van der Waals surface area contributed by atoms with Crippen molar-refractivity contribution < 1.29 is 29.1 Å². The first kappa shape index (κ1) is 24.7. The molecule has 8 nitrogen and oxygen atoms in total. The van der Waals surface area contributed by atoms with Gasteiger partial charge >= 0.3 is 5.97 Å². The van der Waals surface area contributed by atoms with E-state index in [4.69, 9.17) is 4.42 Å². The van der Waals surface area contributed by atoms with Gasteiger partial charge in [0.25, 0.3) is 11.8 Å². The number of benzene rings is 2. The van der Waals surface area contributed by atoms with Crippen molar-refractivity contribution in [1.82, 2.24) is 4.90 Å². The zero-order chi connectivity index (χ0) is 25.9. The summed E-state index contributed by atoms with van der Waals surface area (Å²) in [6.07, 6.45) is 6.50. The highest BCUT2D eigenvalue weighted by molar-refractivity contribution is 6.21. The number of carbonyl (C=O) groups is 3. The smallest absolute Gasteiger partial charge is 0.306 e. The summed E-state index contributed by atoms with van der Waals surface area (Å²) in [5, 5.41) is 23.9. The molecule has 1 aliphatic heterocycles. The summed E-state index contributed by atoms with van der Waals surface area (Å²) < 4.78 is 5.97. The van der Waals surface area contributed by atoms with Crippen LogP contribution in [-0.4, -0.2) is 45.3 Å².